The van der Waals surface area contributed by atoms with Crippen molar-refractivity contribution in [1.82, 2.24) is 4.98 Å². The highest BCUT2D eigenvalue weighted by Gasteiger charge is 2.52. The van der Waals surface area contributed by atoms with Crippen molar-refractivity contribution in [3.8, 4) is 0 Å². The molecule has 4 rings (SSSR count). The van der Waals surface area contributed by atoms with Crippen LogP contribution in [0.5, 0.6) is 0 Å². The van der Waals surface area contributed by atoms with Crippen molar-refractivity contribution in [2.24, 2.45) is 0 Å². The fourth-order valence-corrected chi connectivity index (χ4v) is 3.05. The molecule has 3 nitrogen and oxygen atoms in total. The van der Waals surface area contributed by atoms with Gasteiger partial charge in [0.2, 0.25) is 5.91 Å². The summed E-state index contributed by atoms with van der Waals surface area (Å²) in [6, 6.07) is 10.3. The van der Waals surface area contributed by atoms with Gasteiger partial charge in [0.25, 0.3) is 0 Å². The Morgan fingerprint density at radius 2 is 1.87 bits per heavy atom. The fourth-order valence-electron chi connectivity index (χ4n) is 3.05. The topological polar surface area (TPSA) is 44.9 Å². The van der Waals surface area contributed by atoms with Crippen LogP contribution in [0.15, 0.2) is 48.7 Å². The van der Waals surface area contributed by atoms with E-state index in [1.165, 1.54) is 24.3 Å². The van der Waals surface area contributed by atoms with E-state index in [4.69, 9.17) is 0 Å². The van der Waals surface area contributed by atoms with Gasteiger partial charge in [0.05, 0.1) is 5.41 Å². The lowest BCUT2D eigenvalue weighted by Gasteiger charge is -2.15. The smallest absolute Gasteiger partial charge is 0.235 e. The Bertz CT molecular complexity index is 912. The highest BCUT2D eigenvalue weighted by atomic mass is 19.1. The van der Waals surface area contributed by atoms with Crippen molar-refractivity contribution >= 4 is 22.5 Å². The molecule has 2 N–H and O–H groups in total. The molecule has 1 saturated carbocycles. The molecular formula is C18H14F2N2O. The lowest BCUT2D eigenvalue weighted by Crippen LogP contribution is -2.27. The van der Waals surface area contributed by atoms with Crippen molar-refractivity contribution in [2.75, 3.05) is 5.32 Å². The van der Waals surface area contributed by atoms with E-state index in [2.05, 4.69) is 10.3 Å². The molecule has 0 unspecified atom stereocenters. The minimum Gasteiger partial charge on any atom is -0.361 e. The minimum absolute atomic E-state index is 0.187. The number of hydrogen-bond donors (Lipinski definition) is 2. The number of aromatic amines is 1. The molecule has 1 aliphatic rings. The number of carbonyl (C=O) groups is 1. The number of H-pyrrole nitrogens is 1. The summed E-state index contributed by atoms with van der Waals surface area (Å²) in [6.07, 6.45) is 3.15. The maximum atomic E-state index is 13.5. The Hall–Kier alpha value is -2.69. The third-order valence-electron chi connectivity index (χ3n) is 4.43. The summed E-state index contributed by atoms with van der Waals surface area (Å²) in [5, 5.41) is 3.49. The molecule has 3 aromatic rings. The maximum Gasteiger partial charge on any atom is 0.235 e. The second kappa shape index (κ2) is 4.91. The first kappa shape index (κ1) is 13.9. The van der Waals surface area contributed by atoms with Crippen LogP contribution in [0, 0.1) is 11.6 Å². The molecule has 23 heavy (non-hydrogen) atoms. The summed E-state index contributed by atoms with van der Waals surface area (Å²) in [5.74, 6) is -0.922. The number of nitrogens with one attached hydrogen (secondary N) is 2. The zero-order valence-electron chi connectivity index (χ0n) is 12.2. The molecule has 0 radical (unpaired) electrons. The SMILES string of the molecule is O=C(Nc1cccc(F)c1)C1(c2c[nH]c3ccc(F)cc23)CC1. The largest absolute Gasteiger partial charge is 0.361 e. The predicted octanol–water partition coefficient (Wildman–Crippen LogP) is 4.12. The molecule has 2 aromatic carbocycles. The zero-order valence-corrected chi connectivity index (χ0v) is 12.2. The Kier molecular flexibility index (Phi) is 2.98. The Balaban J connectivity index is 1.69. The minimum atomic E-state index is -0.668. The van der Waals surface area contributed by atoms with E-state index < -0.39 is 11.2 Å². The summed E-state index contributed by atoms with van der Waals surface area (Å²) in [7, 11) is 0. The van der Waals surface area contributed by atoms with E-state index in [0.717, 1.165) is 16.5 Å². The van der Waals surface area contributed by atoms with Crippen LogP contribution in [0.25, 0.3) is 10.9 Å². The van der Waals surface area contributed by atoms with Gasteiger partial charge in [-0.2, -0.15) is 0 Å². The van der Waals surface area contributed by atoms with E-state index in [1.807, 2.05) is 0 Å². The number of fused-ring (bicyclic) bond motifs is 1. The van der Waals surface area contributed by atoms with Crippen molar-refractivity contribution in [1.29, 1.82) is 0 Å². The summed E-state index contributed by atoms with van der Waals surface area (Å²) in [6.45, 7) is 0. The Labute approximate surface area is 131 Å². The monoisotopic (exact) mass is 312 g/mol. The van der Waals surface area contributed by atoms with E-state index in [-0.39, 0.29) is 11.7 Å². The summed E-state index contributed by atoms with van der Waals surface area (Å²) in [5.41, 5.74) is 1.35. The van der Waals surface area contributed by atoms with Crippen LogP contribution < -0.4 is 5.32 Å². The molecule has 1 fully saturated rings. The average Bonchev–Trinajstić information content (AvgIpc) is 3.22. The molecule has 5 heteroatoms. The van der Waals surface area contributed by atoms with Gasteiger partial charge in [0.1, 0.15) is 11.6 Å². The highest BCUT2D eigenvalue weighted by molar-refractivity contribution is 6.04. The lowest BCUT2D eigenvalue weighted by atomic mass is 9.94. The van der Waals surface area contributed by atoms with Gasteiger partial charge in [0.15, 0.2) is 0 Å². The number of rotatable bonds is 3. The van der Waals surface area contributed by atoms with Gasteiger partial charge < -0.3 is 10.3 Å². The summed E-state index contributed by atoms with van der Waals surface area (Å²) < 4.78 is 26.8. The average molecular weight is 312 g/mol. The number of hydrogen-bond acceptors (Lipinski definition) is 1. The van der Waals surface area contributed by atoms with Gasteiger partial charge in [0, 0.05) is 22.8 Å². The van der Waals surface area contributed by atoms with Crippen molar-refractivity contribution in [3.63, 3.8) is 0 Å². The highest BCUT2D eigenvalue weighted by Crippen LogP contribution is 2.51. The van der Waals surface area contributed by atoms with E-state index in [0.29, 0.717) is 18.5 Å². The van der Waals surface area contributed by atoms with Gasteiger partial charge >= 0.3 is 0 Å². The van der Waals surface area contributed by atoms with Gasteiger partial charge in [-0.3, -0.25) is 4.79 Å². The molecular weight excluding hydrogens is 298 g/mol. The van der Waals surface area contributed by atoms with Crippen LogP contribution in [0.1, 0.15) is 18.4 Å². The molecule has 1 amide bonds. The maximum absolute atomic E-state index is 13.5. The molecule has 116 valence electrons. The van der Waals surface area contributed by atoms with Crippen LogP contribution in [-0.2, 0) is 10.2 Å². The van der Waals surface area contributed by atoms with Crippen LogP contribution in [0.2, 0.25) is 0 Å². The molecule has 0 atom stereocenters. The number of halogens is 2. The van der Waals surface area contributed by atoms with Gasteiger partial charge in [-0.1, -0.05) is 6.07 Å². The van der Waals surface area contributed by atoms with Crippen molar-refractivity contribution < 1.29 is 13.6 Å². The molecule has 0 aliphatic heterocycles. The number of carbonyl (C=O) groups excluding carboxylic acids is 1. The lowest BCUT2D eigenvalue weighted by molar-refractivity contribution is -0.118. The third-order valence-corrected chi connectivity index (χ3v) is 4.43. The van der Waals surface area contributed by atoms with E-state index in [1.54, 1.807) is 24.4 Å². The molecule has 1 heterocycles. The summed E-state index contributed by atoms with van der Waals surface area (Å²) >= 11 is 0. The Morgan fingerprint density at radius 3 is 2.61 bits per heavy atom. The summed E-state index contributed by atoms with van der Waals surface area (Å²) in [4.78, 5) is 15.8. The third kappa shape index (κ3) is 2.29. The molecule has 1 aliphatic carbocycles. The molecule has 0 bridgehead atoms. The molecule has 0 spiro atoms. The normalized spacial score (nSPS) is 15.6. The standard InChI is InChI=1S/C18H14F2N2O/c19-11-2-1-3-13(8-11)22-17(23)18(6-7-18)15-10-21-16-5-4-12(20)9-14(15)16/h1-5,8-10,21H,6-7H2,(H,22,23). The molecule has 0 saturated heterocycles. The van der Waals surface area contributed by atoms with Gasteiger partial charge in [-0.15, -0.1) is 0 Å². The first-order valence-electron chi connectivity index (χ1n) is 7.43. The zero-order chi connectivity index (χ0) is 16.0. The number of aromatic nitrogens is 1. The fraction of sp³-hybridized carbons (Fsp3) is 0.167. The molecule has 1 aromatic heterocycles. The van der Waals surface area contributed by atoms with Crippen molar-refractivity contribution in [2.45, 2.75) is 18.3 Å². The van der Waals surface area contributed by atoms with Gasteiger partial charge in [-0.25, -0.2) is 8.78 Å². The van der Waals surface area contributed by atoms with Crippen LogP contribution in [-0.4, -0.2) is 10.9 Å². The van der Waals surface area contributed by atoms with Crippen molar-refractivity contribution in [3.05, 3.63) is 65.9 Å². The number of anilines is 1. The Morgan fingerprint density at radius 1 is 1.09 bits per heavy atom. The number of benzene rings is 2. The van der Waals surface area contributed by atoms with Crippen LogP contribution in [0.3, 0.4) is 0 Å². The van der Waals surface area contributed by atoms with Gasteiger partial charge in [-0.05, 0) is 54.8 Å². The number of amides is 1. The van der Waals surface area contributed by atoms with E-state index in [9.17, 15) is 13.6 Å². The second-order valence-electron chi connectivity index (χ2n) is 5.94. The van der Waals surface area contributed by atoms with Crippen LogP contribution in [0.4, 0.5) is 14.5 Å². The first-order valence-corrected chi connectivity index (χ1v) is 7.43. The predicted molar refractivity (Wildman–Crippen MR) is 84.2 cm³/mol. The first-order chi connectivity index (χ1) is 11.1. The second-order valence-corrected chi connectivity index (χ2v) is 5.94. The van der Waals surface area contributed by atoms with E-state index >= 15 is 0 Å². The van der Waals surface area contributed by atoms with Crippen LogP contribution >= 0.6 is 0 Å². The quantitative estimate of drug-likeness (QED) is 0.751.